The first-order valence-corrected chi connectivity index (χ1v) is 7.04. The molecule has 1 aromatic heterocycles. The number of thiophene rings is 1. The lowest BCUT2D eigenvalue weighted by Gasteiger charge is -2.11. The molecule has 0 N–H and O–H groups in total. The highest BCUT2D eigenvalue weighted by atomic mass is 79.9. The van der Waals surface area contributed by atoms with Crippen LogP contribution in [-0.4, -0.2) is 0 Å². The van der Waals surface area contributed by atoms with Gasteiger partial charge in [-0.15, -0.1) is 0 Å². The quantitative estimate of drug-likeness (QED) is 0.698. The molecule has 0 saturated heterocycles. The highest BCUT2D eigenvalue weighted by Crippen LogP contribution is 2.31. The van der Waals surface area contributed by atoms with E-state index in [1.807, 2.05) is 16.8 Å². The van der Waals surface area contributed by atoms with E-state index in [-0.39, 0.29) is 4.83 Å². The van der Waals surface area contributed by atoms with E-state index in [9.17, 15) is 8.78 Å². The Labute approximate surface area is 111 Å². The Morgan fingerprint density at radius 1 is 1.29 bits per heavy atom. The largest absolute Gasteiger partial charge is 0.207 e. The summed E-state index contributed by atoms with van der Waals surface area (Å²) in [4.78, 5) is -0.128. The van der Waals surface area contributed by atoms with Crippen LogP contribution in [0.2, 0.25) is 0 Å². The van der Waals surface area contributed by atoms with Gasteiger partial charge >= 0.3 is 0 Å². The highest BCUT2D eigenvalue weighted by molar-refractivity contribution is 9.09. The second kappa shape index (κ2) is 5.27. The first-order chi connectivity index (χ1) is 8.08. The molecular weight excluding hydrogens is 306 g/mol. The standard InChI is InChI=1S/C13H11BrF2S/c1-8-4-10(13(16)6-12(8)15)11(14)5-9-2-3-17-7-9/h2-4,6-7,11H,5H2,1H3. The molecule has 0 nitrogen and oxygen atoms in total. The van der Waals surface area contributed by atoms with Crippen molar-refractivity contribution in [3.05, 3.63) is 57.3 Å². The maximum atomic E-state index is 13.6. The number of hydrogen-bond acceptors (Lipinski definition) is 1. The van der Waals surface area contributed by atoms with Crippen molar-refractivity contribution < 1.29 is 8.78 Å². The fourth-order valence-corrected chi connectivity index (χ4v) is 3.05. The fourth-order valence-electron chi connectivity index (χ4n) is 1.65. The van der Waals surface area contributed by atoms with E-state index >= 15 is 0 Å². The van der Waals surface area contributed by atoms with Crippen molar-refractivity contribution in [3.63, 3.8) is 0 Å². The maximum Gasteiger partial charge on any atom is 0.130 e. The normalized spacial score (nSPS) is 12.7. The van der Waals surface area contributed by atoms with Crippen molar-refractivity contribution in [2.45, 2.75) is 18.2 Å². The number of hydrogen-bond donors (Lipinski definition) is 0. The van der Waals surface area contributed by atoms with Crippen LogP contribution in [0.15, 0.2) is 29.0 Å². The van der Waals surface area contributed by atoms with Crippen LogP contribution in [-0.2, 0) is 6.42 Å². The first-order valence-electron chi connectivity index (χ1n) is 5.18. The zero-order valence-electron chi connectivity index (χ0n) is 9.21. The van der Waals surface area contributed by atoms with Crippen LogP contribution in [0.1, 0.15) is 21.5 Å². The second-order valence-corrected chi connectivity index (χ2v) is 5.81. The molecule has 1 heterocycles. The van der Waals surface area contributed by atoms with E-state index in [0.717, 1.165) is 11.6 Å². The molecule has 0 fully saturated rings. The summed E-state index contributed by atoms with van der Waals surface area (Å²) in [5, 5.41) is 4.02. The van der Waals surface area contributed by atoms with E-state index in [4.69, 9.17) is 0 Å². The van der Waals surface area contributed by atoms with Crippen LogP contribution in [0.3, 0.4) is 0 Å². The molecule has 0 aliphatic carbocycles. The van der Waals surface area contributed by atoms with Crippen molar-refractivity contribution in [3.8, 4) is 0 Å². The molecule has 0 bridgehead atoms. The molecule has 1 unspecified atom stereocenters. The second-order valence-electron chi connectivity index (χ2n) is 3.93. The van der Waals surface area contributed by atoms with Gasteiger partial charge in [-0.2, -0.15) is 11.3 Å². The van der Waals surface area contributed by atoms with Gasteiger partial charge in [0.1, 0.15) is 11.6 Å². The number of benzene rings is 1. The summed E-state index contributed by atoms with van der Waals surface area (Å²) in [5.74, 6) is -0.994. The maximum absolute atomic E-state index is 13.6. The van der Waals surface area contributed by atoms with Crippen molar-refractivity contribution in [2.24, 2.45) is 0 Å². The van der Waals surface area contributed by atoms with Crippen LogP contribution in [0.4, 0.5) is 8.78 Å². The average Bonchev–Trinajstić information content (AvgIpc) is 2.76. The molecule has 0 amide bonds. The predicted octanol–water partition coefficient (Wildman–Crippen LogP) is 5.01. The number of rotatable bonds is 3. The summed E-state index contributed by atoms with van der Waals surface area (Å²) in [6, 6.07) is 4.52. The van der Waals surface area contributed by atoms with Gasteiger partial charge in [-0.05, 0) is 47.4 Å². The molecule has 0 saturated carbocycles. The molecule has 1 atom stereocenters. The Hall–Kier alpha value is -0.740. The van der Waals surface area contributed by atoms with Gasteiger partial charge in [0.15, 0.2) is 0 Å². The van der Waals surface area contributed by atoms with Crippen molar-refractivity contribution in [1.29, 1.82) is 0 Å². The molecule has 4 heteroatoms. The monoisotopic (exact) mass is 316 g/mol. The average molecular weight is 317 g/mol. The summed E-state index contributed by atoms with van der Waals surface area (Å²) in [5.41, 5.74) is 2.13. The van der Waals surface area contributed by atoms with Crippen molar-refractivity contribution in [1.82, 2.24) is 0 Å². The molecular formula is C13H11BrF2S. The van der Waals surface area contributed by atoms with Gasteiger partial charge in [-0.3, -0.25) is 0 Å². The lowest BCUT2D eigenvalue weighted by molar-refractivity contribution is 0.566. The minimum absolute atomic E-state index is 0.128. The van der Waals surface area contributed by atoms with Gasteiger partial charge in [0.05, 0.1) is 0 Å². The predicted molar refractivity (Wildman–Crippen MR) is 70.8 cm³/mol. The minimum atomic E-state index is -0.499. The Kier molecular flexibility index (Phi) is 3.94. The number of alkyl halides is 1. The van der Waals surface area contributed by atoms with Gasteiger partial charge in [0.2, 0.25) is 0 Å². The van der Waals surface area contributed by atoms with Crippen LogP contribution in [0.25, 0.3) is 0 Å². The van der Waals surface area contributed by atoms with E-state index in [2.05, 4.69) is 15.9 Å². The molecule has 1 aromatic carbocycles. The zero-order valence-corrected chi connectivity index (χ0v) is 11.6. The van der Waals surface area contributed by atoms with Gasteiger partial charge in [0, 0.05) is 16.5 Å². The molecule has 0 aliphatic heterocycles. The van der Waals surface area contributed by atoms with Crippen LogP contribution < -0.4 is 0 Å². The lowest BCUT2D eigenvalue weighted by atomic mass is 10.0. The van der Waals surface area contributed by atoms with Gasteiger partial charge in [-0.25, -0.2) is 8.78 Å². The Bertz CT molecular complexity index is 508. The summed E-state index contributed by atoms with van der Waals surface area (Å²) >= 11 is 5.07. The highest BCUT2D eigenvalue weighted by Gasteiger charge is 2.15. The smallest absolute Gasteiger partial charge is 0.130 e. The zero-order chi connectivity index (χ0) is 12.4. The van der Waals surface area contributed by atoms with Crippen molar-refractivity contribution >= 4 is 27.3 Å². The molecule has 2 aromatic rings. The summed E-state index contributed by atoms with van der Waals surface area (Å²) in [6.45, 7) is 1.64. The third kappa shape index (κ3) is 2.93. The summed E-state index contributed by atoms with van der Waals surface area (Å²) < 4.78 is 26.8. The summed E-state index contributed by atoms with van der Waals surface area (Å²) in [7, 11) is 0. The Morgan fingerprint density at radius 2 is 2.06 bits per heavy atom. The Morgan fingerprint density at radius 3 is 2.71 bits per heavy atom. The van der Waals surface area contributed by atoms with Crippen LogP contribution in [0, 0.1) is 18.6 Å². The van der Waals surface area contributed by atoms with E-state index in [1.54, 1.807) is 24.3 Å². The van der Waals surface area contributed by atoms with E-state index in [1.165, 1.54) is 0 Å². The Balaban J connectivity index is 2.24. The molecule has 0 radical (unpaired) electrons. The topological polar surface area (TPSA) is 0 Å². The molecule has 0 spiro atoms. The van der Waals surface area contributed by atoms with E-state index in [0.29, 0.717) is 17.5 Å². The third-order valence-electron chi connectivity index (χ3n) is 2.61. The molecule has 2 rings (SSSR count). The minimum Gasteiger partial charge on any atom is -0.207 e. The number of halogens is 3. The first kappa shape index (κ1) is 12.7. The van der Waals surface area contributed by atoms with Crippen LogP contribution in [0.5, 0.6) is 0 Å². The number of aryl methyl sites for hydroxylation is 1. The van der Waals surface area contributed by atoms with Gasteiger partial charge in [-0.1, -0.05) is 15.9 Å². The molecule has 17 heavy (non-hydrogen) atoms. The third-order valence-corrected chi connectivity index (χ3v) is 4.16. The van der Waals surface area contributed by atoms with Gasteiger partial charge < -0.3 is 0 Å². The summed E-state index contributed by atoms with van der Waals surface area (Å²) in [6.07, 6.45) is 0.700. The molecule has 0 aliphatic rings. The van der Waals surface area contributed by atoms with Crippen LogP contribution >= 0.6 is 27.3 Å². The van der Waals surface area contributed by atoms with E-state index < -0.39 is 11.6 Å². The molecule has 90 valence electrons. The SMILES string of the molecule is Cc1cc(C(Br)Cc2ccsc2)c(F)cc1F. The fraction of sp³-hybridized carbons (Fsp3) is 0.231. The van der Waals surface area contributed by atoms with Crippen molar-refractivity contribution in [2.75, 3.05) is 0 Å². The lowest BCUT2D eigenvalue weighted by Crippen LogP contribution is -2.00. The van der Waals surface area contributed by atoms with Gasteiger partial charge in [0.25, 0.3) is 0 Å².